The molecule has 18 heavy (non-hydrogen) atoms. The Labute approximate surface area is 107 Å². The lowest BCUT2D eigenvalue weighted by Crippen LogP contribution is -2.25. The Balaban J connectivity index is 1.94. The molecule has 2 heterocycles. The molecular weight excluding hydrogens is 218 g/mol. The van der Waals surface area contributed by atoms with E-state index in [1.54, 1.807) is 0 Å². The van der Waals surface area contributed by atoms with Crippen molar-refractivity contribution in [3.05, 3.63) is 95.6 Å². The van der Waals surface area contributed by atoms with Gasteiger partial charge in [-0.3, -0.25) is 0 Å². The van der Waals surface area contributed by atoms with Crippen LogP contribution >= 0.6 is 0 Å². The predicted molar refractivity (Wildman–Crippen MR) is 74.2 cm³/mol. The van der Waals surface area contributed by atoms with Crippen LogP contribution in [0.4, 0.5) is 0 Å². The first-order valence-electron chi connectivity index (χ1n) is 6.27. The minimum atomic E-state index is 0.417. The van der Waals surface area contributed by atoms with Crippen molar-refractivity contribution in [2.45, 2.75) is 0 Å². The first kappa shape index (κ1) is 9.72. The van der Waals surface area contributed by atoms with Crippen LogP contribution in [0.15, 0.2) is 95.6 Å². The lowest BCUT2D eigenvalue weighted by molar-refractivity contribution is 0.578. The monoisotopic (exact) mass is 231 g/mol. The van der Waals surface area contributed by atoms with E-state index in [0.717, 1.165) is 0 Å². The Morgan fingerprint density at radius 2 is 1.78 bits per heavy atom. The Kier molecular flexibility index (Phi) is 1.95. The minimum Gasteiger partial charge on any atom is -0.316 e. The molecule has 1 atom stereocenters. The van der Waals surface area contributed by atoms with E-state index in [-0.39, 0.29) is 0 Å². The van der Waals surface area contributed by atoms with Crippen LogP contribution in [0.3, 0.4) is 0 Å². The number of hydrogen-bond acceptors (Lipinski definition) is 1. The Bertz CT molecular complexity index is 645. The molecule has 4 aliphatic rings. The van der Waals surface area contributed by atoms with Crippen LogP contribution in [0, 0.1) is 5.92 Å². The van der Waals surface area contributed by atoms with Crippen molar-refractivity contribution in [3.8, 4) is 0 Å². The summed E-state index contributed by atoms with van der Waals surface area (Å²) in [7, 11) is 0. The summed E-state index contributed by atoms with van der Waals surface area (Å²) in [4.78, 5) is 2.28. The summed E-state index contributed by atoms with van der Waals surface area (Å²) >= 11 is 0. The Hall–Kier alpha value is -2.28. The highest BCUT2D eigenvalue weighted by molar-refractivity contribution is 5.60. The SMILES string of the molecule is C1=CC2=CC=C3C=CC4C=CC=CC4=C3N2C=C1. The van der Waals surface area contributed by atoms with E-state index in [4.69, 9.17) is 0 Å². The normalized spacial score (nSPS) is 26.7. The summed E-state index contributed by atoms with van der Waals surface area (Å²) in [5.74, 6) is 0.417. The molecule has 0 spiro atoms. The molecule has 2 aliphatic heterocycles. The largest absolute Gasteiger partial charge is 0.316 e. The van der Waals surface area contributed by atoms with E-state index in [1.165, 1.54) is 22.5 Å². The zero-order chi connectivity index (χ0) is 11.9. The van der Waals surface area contributed by atoms with Gasteiger partial charge in [0.25, 0.3) is 0 Å². The van der Waals surface area contributed by atoms with Crippen LogP contribution in [-0.2, 0) is 0 Å². The molecule has 1 heteroatoms. The molecule has 4 rings (SSSR count). The molecule has 1 nitrogen and oxygen atoms in total. The van der Waals surface area contributed by atoms with Crippen LogP contribution in [0.5, 0.6) is 0 Å². The van der Waals surface area contributed by atoms with E-state index in [9.17, 15) is 0 Å². The lowest BCUT2D eigenvalue weighted by Gasteiger charge is -2.35. The zero-order valence-electron chi connectivity index (χ0n) is 9.95. The summed E-state index contributed by atoms with van der Waals surface area (Å²) in [6.45, 7) is 0. The molecule has 0 saturated carbocycles. The van der Waals surface area contributed by atoms with Crippen molar-refractivity contribution in [2.24, 2.45) is 5.92 Å². The van der Waals surface area contributed by atoms with E-state index < -0.39 is 0 Å². The van der Waals surface area contributed by atoms with Crippen molar-refractivity contribution in [1.82, 2.24) is 4.90 Å². The van der Waals surface area contributed by atoms with Gasteiger partial charge in [0.05, 0.1) is 5.70 Å². The second-order valence-electron chi connectivity index (χ2n) is 4.72. The predicted octanol–water partition coefficient (Wildman–Crippen LogP) is 3.76. The number of nitrogens with zero attached hydrogens (tertiary/aromatic N) is 1. The standard InChI is InChI=1S/C17H13N/c1-2-7-16-13(5-1)8-9-14-10-11-15-6-3-4-12-18(15)17(14)16/h1-13H. The van der Waals surface area contributed by atoms with Crippen LogP contribution in [0.25, 0.3) is 0 Å². The van der Waals surface area contributed by atoms with Crippen LogP contribution in [0.1, 0.15) is 0 Å². The highest BCUT2D eigenvalue weighted by Crippen LogP contribution is 2.39. The van der Waals surface area contributed by atoms with E-state index in [1.807, 2.05) is 0 Å². The molecule has 86 valence electrons. The molecular formula is C17H13N. The van der Waals surface area contributed by atoms with Crippen LogP contribution < -0.4 is 0 Å². The molecule has 1 unspecified atom stereocenters. The van der Waals surface area contributed by atoms with Gasteiger partial charge in [-0.15, -0.1) is 0 Å². The number of hydrogen-bond donors (Lipinski definition) is 0. The topological polar surface area (TPSA) is 3.24 Å². The van der Waals surface area contributed by atoms with Gasteiger partial charge in [-0.2, -0.15) is 0 Å². The van der Waals surface area contributed by atoms with Gasteiger partial charge in [0, 0.05) is 17.8 Å². The van der Waals surface area contributed by atoms with E-state index in [0.29, 0.717) is 5.92 Å². The van der Waals surface area contributed by atoms with Gasteiger partial charge in [-0.1, -0.05) is 48.6 Å². The van der Waals surface area contributed by atoms with E-state index in [2.05, 4.69) is 77.9 Å². The maximum Gasteiger partial charge on any atom is 0.0568 e. The van der Waals surface area contributed by atoms with Gasteiger partial charge < -0.3 is 4.90 Å². The molecule has 0 aromatic carbocycles. The van der Waals surface area contributed by atoms with Gasteiger partial charge in [0.2, 0.25) is 0 Å². The van der Waals surface area contributed by atoms with Crippen molar-refractivity contribution in [2.75, 3.05) is 0 Å². The molecule has 0 radical (unpaired) electrons. The quantitative estimate of drug-likeness (QED) is 0.613. The number of rotatable bonds is 0. The maximum atomic E-state index is 2.28. The summed E-state index contributed by atoms with van der Waals surface area (Å²) in [6, 6.07) is 0. The second kappa shape index (κ2) is 3.61. The zero-order valence-corrected chi connectivity index (χ0v) is 9.95. The van der Waals surface area contributed by atoms with Gasteiger partial charge in [-0.05, 0) is 29.4 Å². The van der Waals surface area contributed by atoms with Gasteiger partial charge in [0.15, 0.2) is 0 Å². The fourth-order valence-corrected chi connectivity index (χ4v) is 2.80. The molecule has 0 N–H and O–H groups in total. The van der Waals surface area contributed by atoms with Gasteiger partial charge in [0.1, 0.15) is 0 Å². The van der Waals surface area contributed by atoms with Crippen LogP contribution in [0.2, 0.25) is 0 Å². The first-order chi connectivity index (χ1) is 8.93. The fraction of sp³-hybridized carbons (Fsp3) is 0.0588. The highest BCUT2D eigenvalue weighted by Gasteiger charge is 2.26. The molecule has 0 aromatic rings. The third-order valence-electron chi connectivity index (χ3n) is 3.66. The van der Waals surface area contributed by atoms with Gasteiger partial charge in [-0.25, -0.2) is 0 Å². The van der Waals surface area contributed by atoms with Crippen molar-refractivity contribution in [1.29, 1.82) is 0 Å². The molecule has 0 bridgehead atoms. The summed E-state index contributed by atoms with van der Waals surface area (Å²) in [5.41, 5.74) is 5.24. The van der Waals surface area contributed by atoms with Crippen LogP contribution in [-0.4, -0.2) is 4.90 Å². The lowest BCUT2D eigenvalue weighted by atomic mass is 9.84. The molecule has 0 amide bonds. The van der Waals surface area contributed by atoms with Crippen molar-refractivity contribution >= 4 is 0 Å². The smallest absolute Gasteiger partial charge is 0.0568 e. The first-order valence-corrected chi connectivity index (χ1v) is 6.27. The molecule has 0 saturated heterocycles. The van der Waals surface area contributed by atoms with Crippen molar-refractivity contribution < 1.29 is 0 Å². The number of fused-ring (bicyclic) bond motifs is 4. The number of allylic oxidation sites excluding steroid dienone is 12. The van der Waals surface area contributed by atoms with E-state index >= 15 is 0 Å². The summed E-state index contributed by atoms with van der Waals surface area (Å²) in [5, 5.41) is 0. The third kappa shape index (κ3) is 1.28. The Morgan fingerprint density at radius 1 is 0.833 bits per heavy atom. The molecule has 0 aromatic heterocycles. The maximum absolute atomic E-state index is 2.28. The minimum absolute atomic E-state index is 0.417. The van der Waals surface area contributed by atoms with Gasteiger partial charge >= 0.3 is 0 Å². The fourth-order valence-electron chi connectivity index (χ4n) is 2.80. The summed E-state index contributed by atoms with van der Waals surface area (Å²) < 4.78 is 0. The summed E-state index contributed by atoms with van der Waals surface area (Å²) in [6.07, 6.45) is 26.1. The molecule has 2 aliphatic carbocycles. The third-order valence-corrected chi connectivity index (χ3v) is 3.66. The average molecular weight is 231 g/mol. The Morgan fingerprint density at radius 3 is 2.78 bits per heavy atom. The molecule has 0 fully saturated rings. The average Bonchev–Trinajstić information content (AvgIpc) is 2.46. The highest BCUT2D eigenvalue weighted by atomic mass is 15.1. The second-order valence-corrected chi connectivity index (χ2v) is 4.72. The van der Waals surface area contributed by atoms with Crippen molar-refractivity contribution in [3.63, 3.8) is 0 Å².